The van der Waals surface area contributed by atoms with E-state index < -0.39 is 75.7 Å². The number of rotatable bonds is 15. The number of nitrogens with zero attached hydrogens (tertiary/aromatic N) is 3. The van der Waals surface area contributed by atoms with E-state index in [9.17, 15) is 29.4 Å². The molecule has 0 spiro atoms. The van der Waals surface area contributed by atoms with Gasteiger partial charge in [-0.05, 0) is 53.4 Å². The molecule has 16 heteroatoms. The first-order chi connectivity index (χ1) is 27.5. The van der Waals surface area contributed by atoms with Crippen LogP contribution in [0.1, 0.15) is 57.0 Å². The summed E-state index contributed by atoms with van der Waals surface area (Å²) in [5.74, 6) is -5.56. The standard InChI is InChI=1S/C42H49N3O13/c1-23-16-33-40(50,36(23)48)20-27(21-55-34(47)19-26-8-13-31(32(18-26)53-7)56-22-54-15-14-52-6)17-30-35-39(4,5)42(35,58-25(3)46)37(24(2)41(30,33)51)57-38(49)28-9-11-29(12-10-28)44-45-43/h8-13,16-18,24,30,33,35,37,50-51H,14-15,19-22H2,1-7H3/t24-,30+,33-,35-,37-,40-,41-,42-/m1/s1. The highest BCUT2D eigenvalue weighted by atomic mass is 16.7. The SMILES string of the molecule is COCCOCOc1ccc(CC(=O)OCC2=C[C@H]3[C@@H]4C(C)(C)[C@]4(OC(C)=O)[C@H](OC(=O)c4ccc(N=[N+]=[N-])cc4)[C@@H](C)[C@]3(O)[C@@H]3C=C(C)C(=O)[C@@]3(O)C2)cc1OC. The number of carbonyl (C=O) groups is 4. The second-order valence-electron chi connectivity index (χ2n) is 15.9. The van der Waals surface area contributed by atoms with Crippen molar-refractivity contribution < 1.29 is 62.5 Å². The van der Waals surface area contributed by atoms with Crippen molar-refractivity contribution in [2.75, 3.05) is 40.8 Å². The summed E-state index contributed by atoms with van der Waals surface area (Å²) in [4.78, 5) is 56.5. The predicted octanol–water partition coefficient (Wildman–Crippen LogP) is 5.11. The molecule has 4 aliphatic rings. The summed E-state index contributed by atoms with van der Waals surface area (Å²) in [6, 6.07) is 10.7. The molecule has 2 fully saturated rings. The molecule has 0 aliphatic heterocycles. The second-order valence-corrected chi connectivity index (χ2v) is 15.9. The quantitative estimate of drug-likeness (QED) is 0.0350. The molecule has 0 amide bonds. The van der Waals surface area contributed by atoms with Gasteiger partial charge in [-0.2, -0.15) is 0 Å². The zero-order chi connectivity index (χ0) is 42.2. The van der Waals surface area contributed by atoms with Crippen LogP contribution in [0.3, 0.4) is 0 Å². The monoisotopic (exact) mass is 803 g/mol. The van der Waals surface area contributed by atoms with E-state index in [-0.39, 0.29) is 43.1 Å². The zero-order valence-electron chi connectivity index (χ0n) is 33.6. The van der Waals surface area contributed by atoms with Crippen LogP contribution in [0.2, 0.25) is 0 Å². The van der Waals surface area contributed by atoms with Crippen LogP contribution in [0.15, 0.2) is 70.9 Å². The Hall–Kier alpha value is -5.25. The number of methoxy groups -OCH3 is 2. The van der Waals surface area contributed by atoms with Crippen LogP contribution in [0.4, 0.5) is 5.69 Å². The Morgan fingerprint density at radius 3 is 2.40 bits per heavy atom. The maximum Gasteiger partial charge on any atom is 0.338 e. The van der Waals surface area contributed by atoms with E-state index >= 15 is 0 Å². The van der Waals surface area contributed by atoms with Crippen molar-refractivity contribution in [3.8, 4) is 11.5 Å². The summed E-state index contributed by atoms with van der Waals surface area (Å²) < 4.78 is 39.5. The molecule has 6 rings (SSSR count). The maximum absolute atomic E-state index is 13.8. The highest BCUT2D eigenvalue weighted by Gasteiger charge is 2.87. The number of hydrogen-bond acceptors (Lipinski definition) is 14. The molecule has 4 aliphatic carbocycles. The number of ketones is 1. The van der Waals surface area contributed by atoms with Gasteiger partial charge in [-0.15, -0.1) is 0 Å². The molecule has 0 aromatic heterocycles. The topological polar surface area (TPSA) is 222 Å². The Bertz CT molecular complexity index is 2080. The lowest BCUT2D eigenvalue weighted by molar-refractivity contribution is -0.219. The van der Waals surface area contributed by atoms with Crippen molar-refractivity contribution in [1.29, 1.82) is 0 Å². The Labute approximate surface area is 335 Å². The largest absolute Gasteiger partial charge is 0.493 e. The molecule has 0 bridgehead atoms. The van der Waals surface area contributed by atoms with Gasteiger partial charge in [0.25, 0.3) is 0 Å². The number of hydrogen-bond donors (Lipinski definition) is 2. The fraction of sp³-hybridized carbons (Fsp3) is 0.524. The average Bonchev–Trinajstić information content (AvgIpc) is 3.60. The van der Waals surface area contributed by atoms with E-state index in [0.29, 0.717) is 35.8 Å². The van der Waals surface area contributed by atoms with Crippen LogP contribution in [0.5, 0.6) is 11.5 Å². The van der Waals surface area contributed by atoms with Crippen molar-refractivity contribution in [3.63, 3.8) is 0 Å². The summed E-state index contributed by atoms with van der Waals surface area (Å²) in [5.41, 5.74) is 3.99. The third-order valence-electron chi connectivity index (χ3n) is 12.3. The number of fused-ring (bicyclic) bond motifs is 5. The molecule has 310 valence electrons. The third kappa shape index (κ3) is 7.24. The van der Waals surface area contributed by atoms with Crippen LogP contribution in [0.25, 0.3) is 10.4 Å². The lowest BCUT2D eigenvalue weighted by Crippen LogP contribution is -2.66. The van der Waals surface area contributed by atoms with E-state index in [2.05, 4.69) is 10.0 Å². The van der Waals surface area contributed by atoms with E-state index in [0.717, 1.165) is 0 Å². The van der Waals surface area contributed by atoms with E-state index in [1.807, 2.05) is 13.8 Å². The highest BCUT2D eigenvalue weighted by molar-refractivity contribution is 6.05. The summed E-state index contributed by atoms with van der Waals surface area (Å²) in [6.07, 6.45) is 1.65. The lowest BCUT2D eigenvalue weighted by Gasteiger charge is -2.53. The number of carbonyl (C=O) groups excluding carboxylic acids is 4. The summed E-state index contributed by atoms with van der Waals surface area (Å²) >= 11 is 0. The molecule has 58 heavy (non-hydrogen) atoms. The van der Waals surface area contributed by atoms with E-state index in [1.54, 1.807) is 51.3 Å². The van der Waals surface area contributed by atoms with Crippen molar-refractivity contribution in [2.45, 2.75) is 70.4 Å². The van der Waals surface area contributed by atoms with Crippen LogP contribution in [0, 0.1) is 29.1 Å². The highest BCUT2D eigenvalue weighted by Crippen LogP contribution is 2.77. The van der Waals surface area contributed by atoms with Gasteiger partial charge in [0.15, 0.2) is 29.7 Å². The Morgan fingerprint density at radius 1 is 1.02 bits per heavy atom. The summed E-state index contributed by atoms with van der Waals surface area (Å²) in [5, 5.41) is 29.1. The summed E-state index contributed by atoms with van der Waals surface area (Å²) in [7, 11) is 3.04. The van der Waals surface area contributed by atoms with Gasteiger partial charge in [0, 0.05) is 60.1 Å². The lowest BCUT2D eigenvalue weighted by atomic mass is 9.59. The third-order valence-corrected chi connectivity index (χ3v) is 12.3. The van der Waals surface area contributed by atoms with Crippen LogP contribution in [-0.2, 0) is 44.5 Å². The number of aliphatic hydroxyl groups is 2. The predicted molar refractivity (Wildman–Crippen MR) is 205 cm³/mol. The minimum Gasteiger partial charge on any atom is -0.493 e. The molecule has 8 atom stereocenters. The van der Waals surface area contributed by atoms with E-state index in [1.165, 1.54) is 38.3 Å². The van der Waals surface area contributed by atoms with Crippen LogP contribution < -0.4 is 9.47 Å². The molecule has 2 saturated carbocycles. The molecule has 2 aromatic carbocycles. The fourth-order valence-electron chi connectivity index (χ4n) is 9.59. The number of azide groups is 1. The van der Waals surface area contributed by atoms with Crippen molar-refractivity contribution in [3.05, 3.63) is 87.3 Å². The van der Waals surface area contributed by atoms with Gasteiger partial charge in [0.1, 0.15) is 18.3 Å². The van der Waals surface area contributed by atoms with Gasteiger partial charge in [0.05, 0.1) is 37.9 Å². The van der Waals surface area contributed by atoms with Crippen molar-refractivity contribution in [2.24, 2.45) is 34.2 Å². The van der Waals surface area contributed by atoms with Gasteiger partial charge in [-0.1, -0.05) is 56.2 Å². The molecular weight excluding hydrogens is 754 g/mol. The number of benzene rings is 2. The first-order valence-corrected chi connectivity index (χ1v) is 18.9. The van der Waals surface area contributed by atoms with Crippen molar-refractivity contribution >= 4 is 29.4 Å². The minimum absolute atomic E-state index is 0.0304. The normalized spacial score (nSPS) is 30.2. The number of Topliss-reactive ketones (excluding diaryl/α,β-unsaturated/α-hetero) is 1. The molecule has 0 unspecified atom stereocenters. The van der Waals surface area contributed by atoms with Gasteiger partial charge in [0.2, 0.25) is 0 Å². The first kappa shape index (κ1) is 42.4. The van der Waals surface area contributed by atoms with Crippen LogP contribution >= 0.6 is 0 Å². The molecule has 0 radical (unpaired) electrons. The van der Waals surface area contributed by atoms with Gasteiger partial charge in [-0.25, -0.2) is 4.79 Å². The van der Waals surface area contributed by atoms with Gasteiger partial charge in [-0.3, -0.25) is 14.4 Å². The fourth-order valence-corrected chi connectivity index (χ4v) is 9.59. The molecule has 2 aromatic rings. The maximum atomic E-state index is 13.8. The molecule has 0 saturated heterocycles. The Balaban J connectivity index is 1.30. The molecule has 2 N–H and O–H groups in total. The Kier molecular flexibility index (Phi) is 11.8. The van der Waals surface area contributed by atoms with Crippen molar-refractivity contribution in [1.82, 2.24) is 0 Å². The number of ether oxygens (including phenoxy) is 7. The van der Waals surface area contributed by atoms with Crippen LogP contribution in [-0.4, -0.2) is 97.6 Å². The number of esters is 3. The average molecular weight is 804 g/mol. The first-order valence-electron chi connectivity index (χ1n) is 18.9. The molecule has 16 nitrogen and oxygen atoms in total. The minimum atomic E-state index is -2.14. The summed E-state index contributed by atoms with van der Waals surface area (Å²) in [6.45, 7) is 8.58. The molecular formula is C42H49N3O13. The van der Waals surface area contributed by atoms with Gasteiger partial charge >= 0.3 is 17.9 Å². The van der Waals surface area contributed by atoms with E-state index in [4.69, 9.17) is 38.7 Å². The molecule has 0 heterocycles. The second kappa shape index (κ2) is 16.2. The Morgan fingerprint density at radius 2 is 1.74 bits per heavy atom. The van der Waals surface area contributed by atoms with Gasteiger partial charge < -0.3 is 43.4 Å². The zero-order valence-corrected chi connectivity index (χ0v) is 33.6. The smallest absolute Gasteiger partial charge is 0.338 e.